The summed E-state index contributed by atoms with van der Waals surface area (Å²) in [6.45, 7) is 3.96. The monoisotopic (exact) mass is 216 g/mol. The van der Waals surface area contributed by atoms with Gasteiger partial charge in [-0.3, -0.25) is 0 Å². The van der Waals surface area contributed by atoms with Crippen LogP contribution >= 0.6 is 0 Å². The predicted octanol–water partition coefficient (Wildman–Crippen LogP) is 3.09. The molecule has 0 aliphatic rings. The number of hydrogen-bond acceptors (Lipinski definition) is 2. The molecule has 0 bridgehead atoms. The van der Waals surface area contributed by atoms with Gasteiger partial charge in [0.05, 0.1) is 0 Å². The molecule has 0 saturated heterocycles. The molecule has 0 saturated carbocycles. The molecule has 2 N–H and O–H groups in total. The minimum Gasteiger partial charge on any atom is -0.384 e. The minimum absolute atomic E-state index is 0.200. The second-order valence-electron chi connectivity index (χ2n) is 3.91. The van der Waals surface area contributed by atoms with Gasteiger partial charge >= 0.3 is 0 Å². The van der Waals surface area contributed by atoms with E-state index in [4.69, 9.17) is 5.73 Å². The van der Waals surface area contributed by atoms with E-state index in [2.05, 4.69) is 4.98 Å². The van der Waals surface area contributed by atoms with Gasteiger partial charge in [-0.2, -0.15) is 0 Å². The van der Waals surface area contributed by atoms with Crippen molar-refractivity contribution in [3.63, 3.8) is 0 Å². The second kappa shape index (κ2) is 3.93. The molecule has 2 aromatic rings. The van der Waals surface area contributed by atoms with Crippen LogP contribution in [-0.2, 0) is 0 Å². The van der Waals surface area contributed by atoms with Crippen molar-refractivity contribution in [2.45, 2.75) is 13.8 Å². The Balaban J connectivity index is 2.59. The Morgan fingerprint density at radius 2 is 1.88 bits per heavy atom. The summed E-state index contributed by atoms with van der Waals surface area (Å²) in [6.07, 6.45) is 1.47. The van der Waals surface area contributed by atoms with E-state index in [1.54, 1.807) is 0 Å². The van der Waals surface area contributed by atoms with Gasteiger partial charge in [-0.1, -0.05) is 23.8 Å². The standard InChI is InChI=1S/C13H13FN2/c1-8-3-4-10(9(2)5-8)11-7-16-13(15)6-12(11)14/h3-7H,1-2H3,(H2,15,16). The SMILES string of the molecule is Cc1ccc(-c2cnc(N)cc2F)c(C)c1. The van der Waals surface area contributed by atoms with Gasteiger partial charge in [0, 0.05) is 17.8 Å². The normalized spacial score (nSPS) is 10.4. The molecule has 0 aliphatic heterocycles. The van der Waals surface area contributed by atoms with Gasteiger partial charge < -0.3 is 5.73 Å². The van der Waals surface area contributed by atoms with E-state index < -0.39 is 0 Å². The first kappa shape index (κ1) is 10.6. The zero-order chi connectivity index (χ0) is 11.7. The average Bonchev–Trinajstić information content (AvgIpc) is 2.19. The highest BCUT2D eigenvalue weighted by molar-refractivity contribution is 5.68. The van der Waals surface area contributed by atoms with E-state index in [1.807, 2.05) is 32.0 Å². The second-order valence-corrected chi connectivity index (χ2v) is 3.91. The van der Waals surface area contributed by atoms with Crippen LogP contribution < -0.4 is 5.73 Å². The third-order valence-corrected chi connectivity index (χ3v) is 2.55. The van der Waals surface area contributed by atoms with Gasteiger partial charge in [-0.25, -0.2) is 9.37 Å². The van der Waals surface area contributed by atoms with Crippen LogP contribution in [0, 0.1) is 19.7 Å². The Bertz CT molecular complexity index is 486. The molecule has 0 aliphatic carbocycles. The van der Waals surface area contributed by atoms with Crippen molar-refractivity contribution in [1.82, 2.24) is 4.98 Å². The summed E-state index contributed by atoms with van der Waals surface area (Å²) in [7, 11) is 0. The van der Waals surface area contributed by atoms with Gasteiger partial charge in [-0.05, 0) is 25.0 Å². The lowest BCUT2D eigenvalue weighted by molar-refractivity contribution is 0.630. The Labute approximate surface area is 93.9 Å². The molecule has 0 radical (unpaired) electrons. The van der Waals surface area contributed by atoms with E-state index in [1.165, 1.54) is 12.3 Å². The summed E-state index contributed by atoms with van der Waals surface area (Å²) in [5, 5.41) is 0. The third kappa shape index (κ3) is 1.89. The molecule has 3 heteroatoms. The van der Waals surface area contributed by atoms with Crippen LogP contribution in [0.15, 0.2) is 30.5 Å². The summed E-state index contributed by atoms with van der Waals surface area (Å²) < 4.78 is 13.7. The molecular formula is C13H13FN2. The predicted molar refractivity (Wildman–Crippen MR) is 63.5 cm³/mol. The molecule has 2 rings (SSSR count). The number of aromatic nitrogens is 1. The number of nitrogens with zero attached hydrogens (tertiary/aromatic N) is 1. The Hall–Kier alpha value is -1.90. The zero-order valence-electron chi connectivity index (χ0n) is 9.29. The van der Waals surface area contributed by atoms with Crippen molar-refractivity contribution in [3.05, 3.63) is 47.4 Å². The fourth-order valence-electron chi connectivity index (χ4n) is 1.76. The molecule has 2 nitrogen and oxygen atoms in total. The number of rotatable bonds is 1. The summed E-state index contributed by atoms with van der Waals surface area (Å²) in [5.41, 5.74) is 8.96. The number of halogens is 1. The van der Waals surface area contributed by atoms with Crippen molar-refractivity contribution in [2.24, 2.45) is 0 Å². The van der Waals surface area contributed by atoms with Gasteiger partial charge in [0.25, 0.3) is 0 Å². The lowest BCUT2D eigenvalue weighted by Gasteiger charge is -2.08. The van der Waals surface area contributed by atoms with Crippen molar-refractivity contribution in [3.8, 4) is 11.1 Å². The average molecular weight is 216 g/mol. The molecule has 1 heterocycles. The van der Waals surface area contributed by atoms with Crippen molar-refractivity contribution in [1.29, 1.82) is 0 Å². The largest absolute Gasteiger partial charge is 0.384 e. The fraction of sp³-hybridized carbons (Fsp3) is 0.154. The highest BCUT2D eigenvalue weighted by atomic mass is 19.1. The first-order chi connectivity index (χ1) is 7.58. The van der Waals surface area contributed by atoms with Crippen molar-refractivity contribution < 1.29 is 4.39 Å². The number of pyridine rings is 1. The molecule has 0 spiro atoms. The maximum atomic E-state index is 13.7. The number of benzene rings is 1. The molecule has 82 valence electrons. The molecule has 1 aromatic heterocycles. The summed E-state index contributed by atoms with van der Waals surface area (Å²) in [5.74, 6) is -0.134. The summed E-state index contributed by atoms with van der Waals surface area (Å²) >= 11 is 0. The highest BCUT2D eigenvalue weighted by Crippen LogP contribution is 2.26. The van der Waals surface area contributed by atoms with Crippen LogP contribution in [-0.4, -0.2) is 4.98 Å². The lowest BCUT2D eigenvalue weighted by atomic mass is 10.00. The van der Waals surface area contributed by atoms with Gasteiger partial charge in [-0.15, -0.1) is 0 Å². The molecule has 16 heavy (non-hydrogen) atoms. The Morgan fingerprint density at radius 1 is 1.12 bits per heavy atom. The quantitative estimate of drug-likeness (QED) is 0.795. The Kier molecular flexibility index (Phi) is 2.60. The van der Waals surface area contributed by atoms with Crippen LogP contribution in [0.4, 0.5) is 10.2 Å². The van der Waals surface area contributed by atoms with Crippen LogP contribution in [0.5, 0.6) is 0 Å². The molecular weight excluding hydrogens is 203 g/mol. The number of nitrogens with two attached hydrogens (primary N) is 1. The number of hydrogen-bond donors (Lipinski definition) is 1. The number of nitrogen functional groups attached to an aromatic ring is 1. The summed E-state index contributed by atoms with van der Waals surface area (Å²) in [6, 6.07) is 7.12. The van der Waals surface area contributed by atoms with Crippen LogP contribution in [0.2, 0.25) is 0 Å². The number of anilines is 1. The topological polar surface area (TPSA) is 38.9 Å². The van der Waals surface area contributed by atoms with E-state index in [9.17, 15) is 4.39 Å². The first-order valence-corrected chi connectivity index (χ1v) is 5.06. The third-order valence-electron chi connectivity index (χ3n) is 2.55. The zero-order valence-corrected chi connectivity index (χ0v) is 9.29. The van der Waals surface area contributed by atoms with Crippen LogP contribution in [0.25, 0.3) is 11.1 Å². The number of aryl methyl sites for hydroxylation is 2. The van der Waals surface area contributed by atoms with Crippen LogP contribution in [0.1, 0.15) is 11.1 Å². The lowest BCUT2D eigenvalue weighted by Crippen LogP contribution is -1.94. The molecule has 1 aromatic carbocycles. The maximum Gasteiger partial charge on any atom is 0.136 e. The van der Waals surface area contributed by atoms with Crippen molar-refractivity contribution in [2.75, 3.05) is 5.73 Å². The molecule has 0 unspecified atom stereocenters. The minimum atomic E-state index is -0.334. The maximum absolute atomic E-state index is 13.7. The van der Waals surface area contributed by atoms with E-state index >= 15 is 0 Å². The van der Waals surface area contributed by atoms with Crippen LogP contribution in [0.3, 0.4) is 0 Å². The van der Waals surface area contributed by atoms with E-state index in [-0.39, 0.29) is 11.6 Å². The van der Waals surface area contributed by atoms with Gasteiger partial charge in [0.15, 0.2) is 0 Å². The summed E-state index contributed by atoms with van der Waals surface area (Å²) in [4.78, 5) is 3.92. The van der Waals surface area contributed by atoms with Gasteiger partial charge in [0.2, 0.25) is 0 Å². The molecule has 0 fully saturated rings. The van der Waals surface area contributed by atoms with Crippen molar-refractivity contribution >= 4 is 5.82 Å². The smallest absolute Gasteiger partial charge is 0.136 e. The Morgan fingerprint density at radius 3 is 2.50 bits per heavy atom. The fourth-order valence-corrected chi connectivity index (χ4v) is 1.76. The van der Waals surface area contributed by atoms with E-state index in [0.717, 1.165) is 16.7 Å². The van der Waals surface area contributed by atoms with Gasteiger partial charge in [0.1, 0.15) is 11.6 Å². The highest BCUT2D eigenvalue weighted by Gasteiger charge is 2.08. The molecule has 0 amide bonds. The first-order valence-electron chi connectivity index (χ1n) is 5.06. The molecule has 0 atom stereocenters. The van der Waals surface area contributed by atoms with E-state index in [0.29, 0.717) is 5.56 Å².